The number of carbonyl (C=O) groups is 1. The lowest BCUT2D eigenvalue weighted by Gasteiger charge is -2.23. The number of nitrogens with zero attached hydrogens (tertiary/aromatic N) is 2. The normalized spacial score (nSPS) is 17.3. The van der Waals surface area contributed by atoms with Crippen LogP contribution < -0.4 is 9.62 Å². The minimum absolute atomic E-state index is 0.156. The quantitative estimate of drug-likeness (QED) is 0.750. The lowest BCUT2D eigenvalue weighted by Crippen LogP contribution is -2.45. The van der Waals surface area contributed by atoms with Gasteiger partial charge in [-0.05, 0) is 49.7 Å². The summed E-state index contributed by atoms with van der Waals surface area (Å²) in [5.74, 6) is 0.861. The Labute approximate surface area is 157 Å². The first-order chi connectivity index (χ1) is 12.6. The summed E-state index contributed by atoms with van der Waals surface area (Å²) >= 11 is 1.21. The van der Waals surface area contributed by atoms with Gasteiger partial charge in [-0.25, -0.2) is 17.7 Å². The molecule has 1 aromatic carbocycles. The number of sulfonamides is 1. The molecule has 1 amide bonds. The Balaban J connectivity index is 1.55. The number of rotatable bonds is 8. The molecule has 1 heterocycles. The lowest BCUT2D eigenvalue weighted by molar-refractivity contribution is -0.120. The van der Waals surface area contributed by atoms with Crippen molar-refractivity contribution < 1.29 is 13.2 Å². The highest BCUT2D eigenvalue weighted by atomic mass is 32.2. The fraction of sp³-hybridized carbons (Fsp3) is 0.444. The molecule has 8 heteroatoms. The maximum Gasteiger partial charge on any atom is 0.266 e. The van der Waals surface area contributed by atoms with Crippen molar-refractivity contribution in [2.24, 2.45) is 11.8 Å². The first-order valence-electron chi connectivity index (χ1n) is 8.82. The minimum atomic E-state index is -3.84. The van der Waals surface area contributed by atoms with Gasteiger partial charge < -0.3 is 5.32 Å². The summed E-state index contributed by atoms with van der Waals surface area (Å²) in [5.41, 5.74) is 0. The summed E-state index contributed by atoms with van der Waals surface area (Å²) < 4.78 is 27.2. The molecule has 26 heavy (non-hydrogen) atoms. The van der Waals surface area contributed by atoms with Crippen molar-refractivity contribution in [2.45, 2.75) is 36.6 Å². The fourth-order valence-electron chi connectivity index (χ4n) is 3.21. The maximum atomic E-state index is 13.1. The van der Waals surface area contributed by atoms with E-state index in [0.29, 0.717) is 17.0 Å². The molecule has 4 rings (SSSR count). The smallest absolute Gasteiger partial charge is 0.266 e. The van der Waals surface area contributed by atoms with E-state index >= 15 is 0 Å². The highest BCUT2D eigenvalue weighted by Gasteiger charge is 2.42. The van der Waals surface area contributed by atoms with Gasteiger partial charge in [0.2, 0.25) is 5.91 Å². The summed E-state index contributed by atoms with van der Waals surface area (Å²) in [6.45, 7) is -0.249. The topological polar surface area (TPSA) is 79.4 Å². The monoisotopic (exact) mass is 391 g/mol. The van der Waals surface area contributed by atoms with Crippen LogP contribution >= 0.6 is 11.3 Å². The van der Waals surface area contributed by atoms with E-state index in [-0.39, 0.29) is 23.4 Å². The molecule has 1 aromatic heterocycles. The van der Waals surface area contributed by atoms with Crippen LogP contribution in [-0.4, -0.2) is 31.9 Å². The maximum absolute atomic E-state index is 13.1. The predicted molar refractivity (Wildman–Crippen MR) is 100 cm³/mol. The molecule has 2 saturated carbocycles. The second kappa shape index (κ2) is 7.00. The Morgan fingerprint density at radius 1 is 1.19 bits per heavy atom. The molecule has 2 fully saturated rings. The van der Waals surface area contributed by atoms with Gasteiger partial charge in [-0.1, -0.05) is 18.2 Å². The van der Waals surface area contributed by atoms with E-state index in [1.165, 1.54) is 23.5 Å². The number of hydrogen-bond donors (Lipinski definition) is 1. The van der Waals surface area contributed by atoms with Crippen molar-refractivity contribution in [3.05, 3.63) is 41.9 Å². The average Bonchev–Trinajstić information content (AvgIpc) is 3.58. The van der Waals surface area contributed by atoms with Crippen molar-refractivity contribution in [3.63, 3.8) is 0 Å². The Morgan fingerprint density at radius 2 is 1.85 bits per heavy atom. The Kier molecular flexibility index (Phi) is 4.71. The molecule has 2 aliphatic carbocycles. The van der Waals surface area contributed by atoms with Gasteiger partial charge >= 0.3 is 0 Å². The van der Waals surface area contributed by atoms with Crippen LogP contribution in [0, 0.1) is 11.8 Å². The SMILES string of the molecule is O=C(CN(c1nccs1)S(=O)(=O)c1ccccc1)NC(C1CC1)C1CC1. The van der Waals surface area contributed by atoms with Gasteiger partial charge in [0.05, 0.1) is 4.90 Å². The zero-order chi connectivity index (χ0) is 18.1. The van der Waals surface area contributed by atoms with Crippen LogP contribution in [0.4, 0.5) is 5.13 Å². The Bertz CT molecular complexity index is 848. The predicted octanol–water partition coefficient (Wildman–Crippen LogP) is 2.64. The van der Waals surface area contributed by atoms with Crippen molar-refractivity contribution in [1.29, 1.82) is 0 Å². The van der Waals surface area contributed by atoms with Crippen LogP contribution in [0.1, 0.15) is 25.7 Å². The van der Waals surface area contributed by atoms with Gasteiger partial charge in [-0.3, -0.25) is 4.79 Å². The zero-order valence-electron chi connectivity index (χ0n) is 14.2. The summed E-state index contributed by atoms with van der Waals surface area (Å²) in [6, 6.07) is 8.36. The molecule has 0 spiro atoms. The molecule has 0 aliphatic heterocycles. The van der Waals surface area contributed by atoms with Gasteiger partial charge in [0.1, 0.15) is 6.54 Å². The Hall–Kier alpha value is -1.93. The van der Waals surface area contributed by atoms with Crippen LogP contribution in [0.15, 0.2) is 46.8 Å². The lowest BCUT2D eigenvalue weighted by atomic mass is 10.1. The summed E-state index contributed by atoms with van der Waals surface area (Å²) in [5, 5.41) is 5.10. The van der Waals surface area contributed by atoms with Gasteiger partial charge in [0.15, 0.2) is 5.13 Å². The standard InChI is InChI=1S/C18H21N3O3S2/c22-16(20-17(13-6-7-13)14-8-9-14)12-21(18-19-10-11-25-18)26(23,24)15-4-2-1-3-5-15/h1-5,10-11,13-14,17H,6-9,12H2,(H,20,22). The van der Waals surface area contributed by atoms with Crippen molar-refractivity contribution in [2.75, 3.05) is 10.8 Å². The highest BCUT2D eigenvalue weighted by molar-refractivity contribution is 7.93. The van der Waals surface area contributed by atoms with Crippen LogP contribution in [0.2, 0.25) is 0 Å². The second-order valence-electron chi connectivity index (χ2n) is 6.91. The van der Waals surface area contributed by atoms with E-state index in [0.717, 1.165) is 30.0 Å². The number of aromatic nitrogens is 1. The molecular weight excluding hydrogens is 370 g/mol. The third-order valence-electron chi connectivity index (χ3n) is 4.84. The molecule has 2 aliphatic rings. The van der Waals surface area contributed by atoms with Gasteiger partial charge in [-0.2, -0.15) is 0 Å². The molecule has 1 N–H and O–H groups in total. The summed E-state index contributed by atoms with van der Waals surface area (Å²) in [6.07, 6.45) is 6.16. The van der Waals surface area contributed by atoms with Crippen LogP contribution in [0.25, 0.3) is 0 Å². The zero-order valence-corrected chi connectivity index (χ0v) is 15.9. The third kappa shape index (κ3) is 3.76. The molecule has 0 saturated heterocycles. The first-order valence-corrected chi connectivity index (χ1v) is 11.1. The van der Waals surface area contributed by atoms with E-state index < -0.39 is 10.0 Å². The molecule has 0 atom stereocenters. The number of amides is 1. The molecule has 0 bridgehead atoms. The number of benzene rings is 1. The molecular formula is C18H21N3O3S2. The molecule has 0 radical (unpaired) electrons. The Morgan fingerprint density at radius 3 is 2.38 bits per heavy atom. The van der Waals surface area contributed by atoms with E-state index in [2.05, 4.69) is 10.3 Å². The second-order valence-corrected chi connectivity index (χ2v) is 9.64. The van der Waals surface area contributed by atoms with Crippen LogP contribution in [-0.2, 0) is 14.8 Å². The van der Waals surface area contributed by atoms with Gasteiger partial charge in [-0.15, -0.1) is 11.3 Å². The summed E-state index contributed by atoms with van der Waals surface area (Å²) in [7, 11) is -3.84. The largest absolute Gasteiger partial charge is 0.351 e. The van der Waals surface area contributed by atoms with Crippen molar-refractivity contribution >= 4 is 32.4 Å². The van der Waals surface area contributed by atoms with E-state index in [1.54, 1.807) is 29.8 Å². The molecule has 2 aromatic rings. The van der Waals surface area contributed by atoms with Crippen molar-refractivity contribution in [3.8, 4) is 0 Å². The number of hydrogen-bond acceptors (Lipinski definition) is 5. The van der Waals surface area contributed by atoms with E-state index in [4.69, 9.17) is 0 Å². The minimum Gasteiger partial charge on any atom is -0.351 e. The number of nitrogens with one attached hydrogen (secondary N) is 1. The van der Waals surface area contributed by atoms with Crippen LogP contribution in [0.5, 0.6) is 0 Å². The summed E-state index contributed by atoms with van der Waals surface area (Å²) in [4.78, 5) is 16.9. The number of carbonyl (C=O) groups excluding carboxylic acids is 1. The number of thiazole rings is 1. The average molecular weight is 392 g/mol. The van der Waals surface area contributed by atoms with Gasteiger partial charge in [0, 0.05) is 17.6 Å². The fourth-order valence-corrected chi connectivity index (χ4v) is 5.47. The van der Waals surface area contributed by atoms with E-state index in [9.17, 15) is 13.2 Å². The third-order valence-corrected chi connectivity index (χ3v) is 7.50. The van der Waals surface area contributed by atoms with Crippen molar-refractivity contribution in [1.82, 2.24) is 10.3 Å². The van der Waals surface area contributed by atoms with Crippen LogP contribution in [0.3, 0.4) is 0 Å². The van der Waals surface area contributed by atoms with Gasteiger partial charge in [0.25, 0.3) is 10.0 Å². The first kappa shape index (κ1) is 17.5. The highest BCUT2D eigenvalue weighted by Crippen LogP contribution is 2.44. The molecule has 0 unspecified atom stereocenters. The van der Waals surface area contributed by atoms with E-state index in [1.807, 2.05) is 0 Å². The number of anilines is 1. The molecule has 6 nitrogen and oxygen atoms in total. The molecule has 138 valence electrons.